The largest absolute Gasteiger partial charge is 0.352 e. The van der Waals surface area contributed by atoms with Crippen LogP contribution in [-0.4, -0.2) is 23.3 Å². The predicted molar refractivity (Wildman–Crippen MR) is 105 cm³/mol. The molecule has 1 aliphatic rings. The van der Waals surface area contributed by atoms with Crippen LogP contribution in [0.2, 0.25) is 5.02 Å². The molecule has 0 radical (unpaired) electrons. The van der Waals surface area contributed by atoms with Gasteiger partial charge in [-0.1, -0.05) is 17.7 Å². The average molecular weight is 400 g/mol. The molecular formula is C20H18ClN3O4. The molecular weight excluding hydrogens is 382 g/mol. The topological polar surface area (TPSA) is 102 Å². The number of rotatable bonds is 5. The van der Waals surface area contributed by atoms with Crippen LogP contribution in [0.4, 0.5) is 5.69 Å². The summed E-state index contributed by atoms with van der Waals surface area (Å²) in [6, 6.07) is 7.75. The van der Waals surface area contributed by atoms with Crippen molar-refractivity contribution in [3.63, 3.8) is 0 Å². The van der Waals surface area contributed by atoms with Gasteiger partial charge in [0.1, 0.15) is 5.02 Å². The van der Waals surface area contributed by atoms with Gasteiger partial charge in [0.2, 0.25) is 0 Å². The van der Waals surface area contributed by atoms with E-state index in [1.54, 1.807) is 0 Å². The second kappa shape index (κ2) is 7.90. The molecule has 2 aromatic carbocycles. The number of amides is 2. The van der Waals surface area contributed by atoms with Crippen LogP contribution in [0.15, 0.2) is 35.3 Å². The Morgan fingerprint density at radius 2 is 1.96 bits per heavy atom. The first-order chi connectivity index (χ1) is 13.3. The molecule has 1 unspecified atom stereocenters. The van der Waals surface area contributed by atoms with E-state index < -0.39 is 16.7 Å². The first kappa shape index (κ1) is 19.7. The fourth-order valence-electron chi connectivity index (χ4n) is 2.99. The molecule has 7 nitrogen and oxygen atoms in total. The van der Waals surface area contributed by atoms with Gasteiger partial charge >= 0.3 is 0 Å². The Morgan fingerprint density at radius 3 is 2.68 bits per heavy atom. The van der Waals surface area contributed by atoms with Gasteiger partial charge < -0.3 is 5.32 Å². The number of carbonyl (C=O) groups is 2. The summed E-state index contributed by atoms with van der Waals surface area (Å²) in [6.07, 6.45) is 2.26. The molecule has 2 amide bonds. The van der Waals surface area contributed by atoms with Crippen LogP contribution >= 0.6 is 11.6 Å². The Bertz CT molecular complexity index is 1110. The van der Waals surface area contributed by atoms with E-state index in [-0.39, 0.29) is 28.7 Å². The third-order valence-electron chi connectivity index (χ3n) is 4.72. The zero-order valence-corrected chi connectivity index (χ0v) is 16.1. The number of nitro benzene ring substituents is 1. The summed E-state index contributed by atoms with van der Waals surface area (Å²) in [4.78, 5) is 38.9. The minimum Gasteiger partial charge on any atom is -0.352 e. The highest BCUT2D eigenvalue weighted by molar-refractivity contribution is 6.32. The van der Waals surface area contributed by atoms with Crippen LogP contribution in [-0.2, 0) is 4.79 Å². The van der Waals surface area contributed by atoms with E-state index in [4.69, 9.17) is 11.6 Å². The van der Waals surface area contributed by atoms with Crippen LogP contribution < -0.4 is 15.9 Å². The summed E-state index contributed by atoms with van der Waals surface area (Å²) in [5, 5.41) is 15.2. The SMILES string of the molecule is Cc1cc2c(cc1C)=NC(=O)C(CCNC(=O)c1ccc(Cl)c([N+](=O)[O-])c1)C=2. The molecule has 0 saturated heterocycles. The van der Waals surface area contributed by atoms with Gasteiger partial charge in [0.25, 0.3) is 17.5 Å². The lowest BCUT2D eigenvalue weighted by molar-refractivity contribution is -0.384. The van der Waals surface area contributed by atoms with Crippen LogP contribution in [0.1, 0.15) is 27.9 Å². The Morgan fingerprint density at radius 1 is 1.25 bits per heavy atom. The van der Waals surface area contributed by atoms with Crippen molar-refractivity contribution in [3.8, 4) is 0 Å². The van der Waals surface area contributed by atoms with Gasteiger partial charge in [0, 0.05) is 18.2 Å². The summed E-state index contributed by atoms with van der Waals surface area (Å²) < 4.78 is 0. The fraction of sp³-hybridized carbons (Fsp3) is 0.250. The maximum atomic E-state index is 12.3. The molecule has 0 fully saturated rings. The summed E-state index contributed by atoms with van der Waals surface area (Å²) in [6.45, 7) is 4.20. The number of carbonyl (C=O) groups excluding carboxylic acids is 2. The number of nitrogens with zero attached hydrogens (tertiary/aromatic N) is 2. The Hall–Kier alpha value is -3.06. The van der Waals surface area contributed by atoms with Gasteiger partial charge in [-0.15, -0.1) is 0 Å². The number of benzene rings is 2. The monoisotopic (exact) mass is 399 g/mol. The van der Waals surface area contributed by atoms with E-state index in [0.717, 1.165) is 22.4 Å². The standard InChI is InChI=1S/C20H18ClN3O4/c1-11-7-15-9-14(20(26)23-17(15)8-12(11)2)5-6-22-19(25)13-3-4-16(21)18(10-13)24(27)28/h3-4,7-10,14H,5-6H2,1-2H3,(H,22,25). The summed E-state index contributed by atoms with van der Waals surface area (Å²) in [7, 11) is 0. The quantitative estimate of drug-likeness (QED) is 0.615. The summed E-state index contributed by atoms with van der Waals surface area (Å²) >= 11 is 5.75. The maximum Gasteiger partial charge on any atom is 0.288 e. The third kappa shape index (κ3) is 4.09. The highest BCUT2D eigenvalue weighted by atomic mass is 35.5. The molecule has 0 aliphatic carbocycles. The number of fused-ring (bicyclic) bond motifs is 1. The zero-order valence-electron chi connectivity index (χ0n) is 15.4. The Kier molecular flexibility index (Phi) is 5.56. The zero-order chi connectivity index (χ0) is 20.4. The molecule has 0 bridgehead atoms. The molecule has 1 aliphatic heterocycles. The van der Waals surface area contributed by atoms with Crippen molar-refractivity contribution >= 4 is 35.2 Å². The molecule has 1 heterocycles. The number of aryl methyl sites for hydroxylation is 2. The summed E-state index contributed by atoms with van der Waals surface area (Å²) in [5.41, 5.74) is 2.00. The molecule has 0 spiro atoms. The van der Waals surface area contributed by atoms with E-state index in [1.807, 2.05) is 32.1 Å². The molecule has 1 atom stereocenters. The first-order valence-electron chi connectivity index (χ1n) is 8.70. The van der Waals surface area contributed by atoms with Crippen LogP contribution in [0.5, 0.6) is 0 Å². The van der Waals surface area contributed by atoms with E-state index in [0.29, 0.717) is 11.8 Å². The van der Waals surface area contributed by atoms with Crippen molar-refractivity contribution in [1.82, 2.24) is 5.32 Å². The van der Waals surface area contributed by atoms with E-state index in [2.05, 4.69) is 10.3 Å². The van der Waals surface area contributed by atoms with E-state index >= 15 is 0 Å². The molecule has 0 saturated carbocycles. The smallest absolute Gasteiger partial charge is 0.288 e. The van der Waals surface area contributed by atoms with Gasteiger partial charge in [-0.3, -0.25) is 19.7 Å². The number of hydrogen-bond acceptors (Lipinski definition) is 4. The molecule has 1 N–H and O–H groups in total. The highest BCUT2D eigenvalue weighted by Crippen LogP contribution is 2.25. The Balaban J connectivity index is 1.68. The molecule has 3 rings (SSSR count). The second-order valence-corrected chi connectivity index (χ2v) is 7.09. The van der Waals surface area contributed by atoms with Crippen LogP contribution in [0.25, 0.3) is 6.08 Å². The van der Waals surface area contributed by atoms with Crippen LogP contribution in [0, 0.1) is 29.9 Å². The maximum absolute atomic E-state index is 12.3. The van der Waals surface area contributed by atoms with Crippen molar-refractivity contribution in [2.75, 3.05) is 6.54 Å². The highest BCUT2D eigenvalue weighted by Gasteiger charge is 2.20. The van der Waals surface area contributed by atoms with Gasteiger partial charge in [-0.05, 0) is 60.9 Å². The van der Waals surface area contributed by atoms with E-state index in [9.17, 15) is 19.7 Å². The molecule has 0 aromatic heterocycles. The molecule has 144 valence electrons. The van der Waals surface area contributed by atoms with Gasteiger partial charge in [0.05, 0.1) is 16.2 Å². The van der Waals surface area contributed by atoms with Crippen molar-refractivity contribution < 1.29 is 14.5 Å². The third-order valence-corrected chi connectivity index (χ3v) is 5.04. The fourth-order valence-corrected chi connectivity index (χ4v) is 3.17. The minimum absolute atomic E-state index is 0.0326. The lowest BCUT2D eigenvalue weighted by Crippen LogP contribution is -2.36. The lowest BCUT2D eigenvalue weighted by Gasteiger charge is -2.13. The number of hydrogen-bond donors (Lipinski definition) is 1. The normalized spacial score (nSPS) is 15.2. The van der Waals surface area contributed by atoms with E-state index in [1.165, 1.54) is 12.1 Å². The van der Waals surface area contributed by atoms with Crippen molar-refractivity contribution in [1.29, 1.82) is 0 Å². The number of halogens is 1. The number of nitrogens with one attached hydrogen (secondary N) is 1. The van der Waals surface area contributed by atoms with Crippen LogP contribution in [0.3, 0.4) is 0 Å². The van der Waals surface area contributed by atoms with Crippen molar-refractivity contribution in [3.05, 3.63) is 72.7 Å². The Labute approximate surface area is 165 Å². The number of nitro groups is 1. The first-order valence-corrected chi connectivity index (χ1v) is 9.08. The lowest BCUT2D eigenvalue weighted by atomic mass is 9.98. The molecule has 2 aromatic rings. The molecule has 28 heavy (non-hydrogen) atoms. The van der Waals surface area contributed by atoms with Crippen molar-refractivity contribution in [2.45, 2.75) is 20.3 Å². The van der Waals surface area contributed by atoms with Gasteiger partial charge in [0.15, 0.2) is 0 Å². The minimum atomic E-state index is -0.641. The summed E-state index contributed by atoms with van der Waals surface area (Å²) in [5.74, 6) is -1.13. The predicted octanol–water partition coefficient (Wildman–Crippen LogP) is 2.24. The average Bonchev–Trinajstić information content (AvgIpc) is 2.64. The van der Waals surface area contributed by atoms with Gasteiger partial charge in [-0.25, -0.2) is 4.99 Å². The van der Waals surface area contributed by atoms with Gasteiger partial charge in [-0.2, -0.15) is 0 Å². The molecule has 8 heteroatoms. The van der Waals surface area contributed by atoms with Crippen molar-refractivity contribution in [2.24, 2.45) is 10.9 Å². The second-order valence-electron chi connectivity index (χ2n) is 6.69.